The van der Waals surface area contributed by atoms with E-state index in [2.05, 4.69) is 15.6 Å². The molecule has 2 amide bonds. The lowest BCUT2D eigenvalue weighted by Crippen LogP contribution is -2.36. The summed E-state index contributed by atoms with van der Waals surface area (Å²) in [5, 5.41) is 5.00. The van der Waals surface area contributed by atoms with Crippen molar-refractivity contribution in [2.24, 2.45) is 0 Å². The number of hydrogen-bond acceptors (Lipinski definition) is 3. The van der Waals surface area contributed by atoms with Crippen LogP contribution in [0.4, 0.5) is 4.39 Å². The molecular formula is C15H14FN3O2. The molecule has 5 nitrogen and oxygen atoms in total. The van der Waals surface area contributed by atoms with Crippen LogP contribution < -0.4 is 10.6 Å². The lowest BCUT2D eigenvalue weighted by atomic mass is 10.2. The quantitative estimate of drug-likeness (QED) is 0.870. The van der Waals surface area contributed by atoms with Crippen molar-refractivity contribution in [3.05, 3.63) is 65.7 Å². The van der Waals surface area contributed by atoms with Gasteiger partial charge in [-0.25, -0.2) is 4.39 Å². The van der Waals surface area contributed by atoms with Gasteiger partial charge in [-0.15, -0.1) is 0 Å². The fraction of sp³-hybridized carbons (Fsp3) is 0.133. The van der Waals surface area contributed by atoms with Gasteiger partial charge < -0.3 is 10.6 Å². The van der Waals surface area contributed by atoms with Crippen molar-refractivity contribution in [3.63, 3.8) is 0 Å². The van der Waals surface area contributed by atoms with Crippen molar-refractivity contribution in [2.45, 2.75) is 6.54 Å². The van der Waals surface area contributed by atoms with Crippen LogP contribution in [0.25, 0.3) is 0 Å². The number of nitrogens with one attached hydrogen (secondary N) is 2. The fourth-order valence-corrected chi connectivity index (χ4v) is 1.66. The van der Waals surface area contributed by atoms with Crippen molar-refractivity contribution in [3.8, 4) is 0 Å². The maximum Gasteiger partial charge on any atom is 0.253 e. The molecule has 2 rings (SSSR count). The van der Waals surface area contributed by atoms with E-state index in [1.54, 1.807) is 36.5 Å². The molecule has 0 aliphatic carbocycles. The summed E-state index contributed by atoms with van der Waals surface area (Å²) in [6.45, 7) is -0.101. The largest absolute Gasteiger partial charge is 0.350 e. The molecule has 0 radical (unpaired) electrons. The smallest absolute Gasteiger partial charge is 0.253 e. The number of halogens is 1. The van der Waals surface area contributed by atoms with Crippen molar-refractivity contribution in [2.75, 3.05) is 6.54 Å². The van der Waals surface area contributed by atoms with E-state index in [9.17, 15) is 14.0 Å². The molecule has 2 aromatic rings. The second-order valence-corrected chi connectivity index (χ2v) is 4.29. The van der Waals surface area contributed by atoms with Crippen LogP contribution in [0.15, 0.2) is 48.8 Å². The molecule has 0 fully saturated rings. The van der Waals surface area contributed by atoms with Gasteiger partial charge in [0.05, 0.1) is 12.1 Å². The van der Waals surface area contributed by atoms with Crippen molar-refractivity contribution in [1.82, 2.24) is 15.6 Å². The molecule has 0 aliphatic rings. The highest BCUT2D eigenvalue weighted by molar-refractivity contribution is 5.96. The Balaban J connectivity index is 1.78. The molecular weight excluding hydrogens is 273 g/mol. The third-order valence-electron chi connectivity index (χ3n) is 2.77. The monoisotopic (exact) mass is 287 g/mol. The van der Waals surface area contributed by atoms with Gasteiger partial charge in [-0.05, 0) is 18.2 Å². The second-order valence-electron chi connectivity index (χ2n) is 4.29. The zero-order valence-corrected chi connectivity index (χ0v) is 11.2. The summed E-state index contributed by atoms with van der Waals surface area (Å²) in [5.41, 5.74) is 0.767. The predicted molar refractivity (Wildman–Crippen MR) is 74.8 cm³/mol. The fourth-order valence-electron chi connectivity index (χ4n) is 1.66. The zero-order chi connectivity index (χ0) is 15.1. The number of carbonyl (C=O) groups is 2. The molecule has 2 N–H and O–H groups in total. The van der Waals surface area contributed by atoms with Gasteiger partial charge in [0.25, 0.3) is 5.91 Å². The third-order valence-corrected chi connectivity index (χ3v) is 2.77. The van der Waals surface area contributed by atoms with Gasteiger partial charge in [-0.2, -0.15) is 0 Å². The topological polar surface area (TPSA) is 71.1 Å². The molecule has 21 heavy (non-hydrogen) atoms. The highest BCUT2D eigenvalue weighted by atomic mass is 19.1. The van der Waals surface area contributed by atoms with Gasteiger partial charge in [0.2, 0.25) is 5.91 Å². The number of pyridine rings is 1. The van der Waals surface area contributed by atoms with E-state index in [0.29, 0.717) is 11.1 Å². The van der Waals surface area contributed by atoms with E-state index in [1.807, 2.05) is 0 Å². The van der Waals surface area contributed by atoms with Gasteiger partial charge in [0.1, 0.15) is 5.82 Å². The molecule has 0 saturated heterocycles. The summed E-state index contributed by atoms with van der Waals surface area (Å²) in [5.74, 6) is -1.16. The molecule has 6 heteroatoms. The molecule has 1 aromatic heterocycles. The predicted octanol–water partition coefficient (Wildman–Crippen LogP) is 1.27. The average Bonchev–Trinajstić information content (AvgIpc) is 2.52. The van der Waals surface area contributed by atoms with E-state index in [1.165, 1.54) is 12.3 Å². The van der Waals surface area contributed by atoms with E-state index < -0.39 is 5.91 Å². The minimum absolute atomic E-state index is 0.0776. The molecule has 1 heterocycles. The standard InChI is InChI=1S/C15H14FN3O2/c16-13-6-2-1-4-11(13)9-18-14(20)10-19-15(21)12-5-3-7-17-8-12/h1-8H,9-10H2,(H,18,20)(H,19,21). The van der Waals surface area contributed by atoms with Gasteiger partial charge in [0.15, 0.2) is 0 Å². The highest BCUT2D eigenvalue weighted by Crippen LogP contribution is 2.05. The van der Waals surface area contributed by atoms with Crippen LogP contribution in [0.5, 0.6) is 0 Å². The van der Waals surface area contributed by atoms with E-state index >= 15 is 0 Å². The van der Waals surface area contributed by atoms with Crippen LogP contribution in [0.3, 0.4) is 0 Å². The minimum atomic E-state index is -0.393. The molecule has 0 unspecified atom stereocenters. The first-order valence-corrected chi connectivity index (χ1v) is 6.35. The number of carbonyl (C=O) groups excluding carboxylic acids is 2. The molecule has 0 bridgehead atoms. The lowest BCUT2D eigenvalue weighted by Gasteiger charge is -2.07. The number of hydrogen-bond donors (Lipinski definition) is 2. The van der Waals surface area contributed by atoms with Crippen LogP contribution in [0, 0.1) is 5.82 Å². The summed E-state index contributed by atoms with van der Waals surface area (Å²) >= 11 is 0. The minimum Gasteiger partial charge on any atom is -0.350 e. The third kappa shape index (κ3) is 4.38. The van der Waals surface area contributed by atoms with Gasteiger partial charge in [-0.3, -0.25) is 14.6 Å². The van der Waals surface area contributed by atoms with E-state index in [4.69, 9.17) is 0 Å². The van der Waals surface area contributed by atoms with Crippen LogP contribution in [0.2, 0.25) is 0 Å². The molecule has 0 atom stereocenters. The first kappa shape index (κ1) is 14.6. The Labute approximate surface area is 121 Å². The number of amides is 2. The van der Waals surface area contributed by atoms with Gasteiger partial charge in [-0.1, -0.05) is 18.2 Å². The molecule has 108 valence electrons. The van der Waals surface area contributed by atoms with Gasteiger partial charge in [0, 0.05) is 24.5 Å². The zero-order valence-electron chi connectivity index (χ0n) is 11.2. The molecule has 1 aromatic carbocycles. The Morgan fingerprint density at radius 3 is 2.62 bits per heavy atom. The maximum atomic E-state index is 13.3. The average molecular weight is 287 g/mol. The summed E-state index contributed by atoms with van der Waals surface area (Å²) in [6.07, 6.45) is 2.96. The van der Waals surface area contributed by atoms with Crippen LogP contribution in [0.1, 0.15) is 15.9 Å². The van der Waals surface area contributed by atoms with E-state index in [-0.39, 0.29) is 24.8 Å². The highest BCUT2D eigenvalue weighted by Gasteiger charge is 2.08. The second kappa shape index (κ2) is 7.14. The summed E-state index contributed by atoms with van der Waals surface area (Å²) < 4.78 is 13.3. The normalized spacial score (nSPS) is 9.95. The van der Waals surface area contributed by atoms with Crippen LogP contribution in [-0.2, 0) is 11.3 Å². The number of nitrogens with zero attached hydrogens (tertiary/aromatic N) is 1. The van der Waals surface area contributed by atoms with Crippen LogP contribution >= 0.6 is 0 Å². The SMILES string of the molecule is O=C(CNC(=O)c1cccnc1)NCc1ccccc1F. The number of aromatic nitrogens is 1. The molecule has 0 aliphatic heterocycles. The number of benzene rings is 1. The Morgan fingerprint density at radius 2 is 1.90 bits per heavy atom. The lowest BCUT2D eigenvalue weighted by molar-refractivity contribution is -0.120. The first-order valence-electron chi connectivity index (χ1n) is 6.35. The summed E-state index contributed by atoms with van der Waals surface area (Å²) in [4.78, 5) is 27.1. The Bertz CT molecular complexity index is 632. The Kier molecular flexibility index (Phi) is 4.98. The molecule has 0 saturated carbocycles. The summed E-state index contributed by atoms with van der Waals surface area (Å²) in [6, 6.07) is 9.41. The first-order chi connectivity index (χ1) is 10.2. The van der Waals surface area contributed by atoms with Crippen LogP contribution in [-0.4, -0.2) is 23.3 Å². The Morgan fingerprint density at radius 1 is 1.10 bits per heavy atom. The molecule has 0 spiro atoms. The number of rotatable bonds is 5. The van der Waals surface area contributed by atoms with Crippen molar-refractivity contribution >= 4 is 11.8 Å². The van der Waals surface area contributed by atoms with E-state index in [0.717, 1.165) is 0 Å². The van der Waals surface area contributed by atoms with Crippen molar-refractivity contribution in [1.29, 1.82) is 0 Å². The maximum absolute atomic E-state index is 13.3. The van der Waals surface area contributed by atoms with Gasteiger partial charge >= 0.3 is 0 Å². The summed E-state index contributed by atoms with van der Waals surface area (Å²) in [7, 11) is 0. The Hall–Kier alpha value is -2.76. The van der Waals surface area contributed by atoms with Crippen molar-refractivity contribution < 1.29 is 14.0 Å².